The first-order chi connectivity index (χ1) is 8.75. The smallest absolute Gasteiger partial charge is 0.245 e. The van der Waals surface area contributed by atoms with Gasteiger partial charge in [-0.25, -0.2) is 5.43 Å². The van der Waals surface area contributed by atoms with Crippen molar-refractivity contribution < 1.29 is 4.79 Å². The number of rotatable bonds is 4. The minimum absolute atomic E-state index is 0.138. The average molecular weight is 279 g/mol. The highest BCUT2D eigenvalue weighted by atomic mass is 35.5. The molecule has 0 spiro atoms. The molecule has 5 heteroatoms. The van der Waals surface area contributed by atoms with E-state index < -0.39 is 0 Å². The summed E-state index contributed by atoms with van der Waals surface area (Å²) in [5, 5.41) is 6.42. The minimum atomic E-state index is -0.138. The Morgan fingerprint density at radius 3 is 2.89 bits per heavy atom. The second-order valence-corrected chi connectivity index (χ2v) is 5.01. The first kappa shape index (κ1) is 12.8. The third kappa shape index (κ3) is 3.68. The molecule has 0 atom stereocenters. The third-order valence-corrected chi connectivity index (χ3v) is 3.43. The summed E-state index contributed by atoms with van der Waals surface area (Å²) in [6, 6.07) is 11.1. The summed E-state index contributed by atoms with van der Waals surface area (Å²) in [4.78, 5) is 12.5. The first-order valence-corrected chi connectivity index (χ1v) is 6.60. The molecule has 1 aromatic heterocycles. The molecule has 0 aliphatic rings. The van der Waals surface area contributed by atoms with Crippen LogP contribution in [-0.2, 0) is 11.2 Å². The summed E-state index contributed by atoms with van der Waals surface area (Å²) in [6.07, 6.45) is 1.88. The fourth-order valence-electron chi connectivity index (χ4n) is 1.36. The molecule has 0 saturated heterocycles. The summed E-state index contributed by atoms with van der Waals surface area (Å²) < 4.78 is 0. The number of hydrazone groups is 1. The Morgan fingerprint density at radius 1 is 1.33 bits per heavy atom. The van der Waals surface area contributed by atoms with E-state index in [1.807, 2.05) is 35.7 Å². The van der Waals surface area contributed by atoms with Gasteiger partial charge in [-0.15, -0.1) is 11.3 Å². The van der Waals surface area contributed by atoms with E-state index in [0.717, 1.165) is 10.4 Å². The quantitative estimate of drug-likeness (QED) is 0.678. The van der Waals surface area contributed by atoms with E-state index in [1.165, 1.54) is 6.21 Å². The van der Waals surface area contributed by atoms with Crippen LogP contribution in [0.25, 0.3) is 0 Å². The molecule has 18 heavy (non-hydrogen) atoms. The average Bonchev–Trinajstić information content (AvgIpc) is 2.84. The van der Waals surface area contributed by atoms with E-state index in [-0.39, 0.29) is 5.91 Å². The molecular formula is C13H11ClN2OS. The molecule has 2 aromatic rings. The highest BCUT2D eigenvalue weighted by molar-refractivity contribution is 7.10. The van der Waals surface area contributed by atoms with Crippen molar-refractivity contribution in [2.75, 3.05) is 0 Å². The van der Waals surface area contributed by atoms with E-state index in [4.69, 9.17) is 11.6 Å². The van der Waals surface area contributed by atoms with Gasteiger partial charge in [0.25, 0.3) is 0 Å². The molecule has 1 N–H and O–H groups in total. The highest BCUT2D eigenvalue weighted by Gasteiger charge is 2.02. The molecule has 2 rings (SSSR count). The van der Waals surface area contributed by atoms with Gasteiger partial charge in [0, 0.05) is 15.5 Å². The summed E-state index contributed by atoms with van der Waals surface area (Å²) in [5.74, 6) is -0.138. The molecule has 3 nitrogen and oxygen atoms in total. The lowest BCUT2D eigenvalue weighted by molar-refractivity contribution is -0.120. The monoisotopic (exact) mass is 278 g/mol. The molecule has 0 saturated carbocycles. The standard InChI is InChI=1S/C13H11ClN2OS/c14-12-6-2-1-4-10(12)9-15-16-13(17)8-11-5-3-7-18-11/h1-7,9H,8H2,(H,16,17). The van der Waals surface area contributed by atoms with Crippen LogP contribution in [0.15, 0.2) is 46.9 Å². The normalized spacial score (nSPS) is 10.7. The predicted molar refractivity (Wildman–Crippen MR) is 75.2 cm³/mol. The number of carbonyl (C=O) groups excluding carboxylic acids is 1. The van der Waals surface area contributed by atoms with Crippen LogP contribution in [0.3, 0.4) is 0 Å². The van der Waals surface area contributed by atoms with Gasteiger partial charge in [0.15, 0.2) is 0 Å². The molecular weight excluding hydrogens is 268 g/mol. The van der Waals surface area contributed by atoms with Crippen LogP contribution < -0.4 is 5.43 Å². The van der Waals surface area contributed by atoms with Gasteiger partial charge in [0.1, 0.15) is 0 Å². The Kier molecular flexibility index (Phi) is 4.50. The molecule has 0 radical (unpaired) electrons. The number of thiophene rings is 1. The van der Waals surface area contributed by atoms with Crippen LogP contribution in [0.1, 0.15) is 10.4 Å². The molecule has 1 amide bonds. The maximum absolute atomic E-state index is 11.5. The Labute approximate surface area is 114 Å². The van der Waals surface area contributed by atoms with Gasteiger partial charge in [0.2, 0.25) is 5.91 Å². The number of nitrogens with one attached hydrogen (secondary N) is 1. The molecule has 0 fully saturated rings. The molecule has 0 aliphatic carbocycles. The second kappa shape index (κ2) is 6.33. The zero-order valence-electron chi connectivity index (χ0n) is 9.47. The number of nitrogens with zero attached hydrogens (tertiary/aromatic N) is 1. The Balaban J connectivity index is 1.88. The number of benzene rings is 1. The summed E-state index contributed by atoms with van der Waals surface area (Å²) >= 11 is 7.50. The topological polar surface area (TPSA) is 41.5 Å². The Bertz CT molecular complexity index is 552. The fraction of sp³-hybridized carbons (Fsp3) is 0.0769. The maximum Gasteiger partial charge on any atom is 0.245 e. The zero-order chi connectivity index (χ0) is 12.8. The number of halogens is 1. The van der Waals surface area contributed by atoms with E-state index in [2.05, 4.69) is 10.5 Å². The van der Waals surface area contributed by atoms with Crippen molar-refractivity contribution in [1.82, 2.24) is 5.43 Å². The van der Waals surface area contributed by atoms with Crippen molar-refractivity contribution in [3.05, 3.63) is 57.2 Å². The molecule has 0 bridgehead atoms. The van der Waals surface area contributed by atoms with Gasteiger partial charge in [0.05, 0.1) is 12.6 Å². The molecule has 0 unspecified atom stereocenters. The maximum atomic E-state index is 11.5. The largest absolute Gasteiger partial charge is 0.273 e. The lowest BCUT2D eigenvalue weighted by Gasteiger charge is -1.98. The lowest BCUT2D eigenvalue weighted by Crippen LogP contribution is -2.19. The van der Waals surface area contributed by atoms with Crippen LogP contribution in [0.2, 0.25) is 5.02 Å². The van der Waals surface area contributed by atoms with E-state index >= 15 is 0 Å². The van der Waals surface area contributed by atoms with Crippen molar-refractivity contribution in [3.63, 3.8) is 0 Å². The van der Waals surface area contributed by atoms with Gasteiger partial charge < -0.3 is 0 Å². The van der Waals surface area contributed by atoms with Crippen LogP contribution in [0.4, 0.5) is 0 Å². The predicted octanol–water partition coefficient (Wildman–Crippen LogP) is 3.09. The zero-order valence-corrected chi connectivity index (χ0v) is 11.0. The van der Waals surface area contributed by atoms with Gasteiger partial charge >= 0.3 is 0 Å². The van der Waals surface area contributed by atoms with Gasteiger partial charge in [-0.1, -0.05) is 35.9 Å². The number of amides is 1. The van der Waals surface area contributed by atoms with E-state index in [1.54, 1.807) is 17.4 Å². The van der Waals surface area contributed by atoms with E-state index in [0.29, 0.717) is 11.4 Å². The van der Waals surface area contributed by atoms with Crippen molar-refractivity contribution in [2.45, 2.75) is 6.42 Å². The molecule has 92 valence electrons. The van der Waals surface area contributed by atoms with E-state index in [9.17, 15) is 4.79 Å². The molecule has 1 aromatic carbocycles. The van der Waals surface area contributed by atoms with Crippen LogP contribution in [0.5, 0.6) is 0 Å². The molecule has 0 aliphatic heterocycles. The number of hydrogen-bond acceptors (Lipinski definition) is 3. The van der Waals surface area contributed by atoms with Crippen molar-refractivity contribution in [3.8, 4) is 0 Å². The lowest BCUT2D eigenvalue weighted by atomic mass is 10.2. The fourth-order valence-corrected chi connectivity index (χ4v) is 2.25. The number of carbonyl (C=O) groups is 1. The minimum Gasteiger partial charge on any atom is -0.273 e. The molecule has 1 heterocycles. The van der Waals surface area contributed by atoms with Crippen LogP contribution in [0, 0.1) is 0 Å². The Morgan fingerprint density at radius 2 is 2.17 bits per heavy atom. The summed E-state index contributed by atoms with van der Waals surface area (Å²) in [5.41, 5.74) is 3.25. The van der Waals surface area contributed by atoms with Gasteiger partial charge in [-0.2, -0.15) is 5.10 Å². The SMILES string of the molecule is O=C(Cc1cccs1)NN=Cc1ccccc1Cl. The summed E-state index contributed by atoms with van der Waals surface area (Å²) in [6.45, 7) is 0. The van der Waals surface area contributed by atoms with Crippen molar-refractivity contribution in [1.29, 1.82) is 0 Å². The Hall–Kier alpha value is -1.65. The highest BCUT2D eigenvalue weighted by Crippen LogP contribution is 2.12. The first-order valence-electron chi connectivity index (χ1n) is 5.34. The summed E-state index contributed by atoms with van der Waals surface area (Å²) in [7, 11) is 0. The van der Waals surface area contributed by atoms with Crippen molar-refractivity contribution in [2.24, 2.45) is 5.10 Å². The van der Waals surface area contributed by atoms with Crippen molar-refractivity contribution >= 4 is 35.1 Å². The van der Waals surface area contributed by atoms with Crippen LogP contribution in [-0.4, -0.2) is 12.1 Å². The third-order valence-electron chi connectivity index (χ3n) is 2.21. The number of hydrogen-bond donors (Lipinski definition) is 1. The van der Waals surface area contributed by atoms with Crippen LogP contribution >= 0.6 is 22.9 Å². The van der Waals surface area contributed by atoms with Gasteiger partial charge in [-0.05, 0) is 17.5 Å². The van der Waals surface area contributed by atoms with Gasteiger partial charge in [-0.3, -0.25) is 4.79 Å². The second-order valence-electron chi connectivity index (χ2n) is 3.57.